The predicted octanol–water partition coefficient (Wildman–Crippen LogP) is 0.629. The zero-order chi connectivity index (χ0) is 13.6. The minimum atomic E-state index is -3.21. The van der Waals surface area contributed by atoms with Crippen LogP contribution in [0, 0.1) is 0 Å². The summed E-state index contributed by atoms with van der Waals surface area (Å²) in [6, 6.07) is 5.36. The molecule has 0 fully saturated rings. The van der Waals surface area contributed by atoms with Crippen molar-refractivity contribution in [2.75, 3.05) is 37.0 Å². The molecule has 0 saturated carbocycles. The van der Waals surface area contributed by atoms with Crippen molar-refractivity contribution < 1.29 is 13.2 Å². The van der Waals surface area contributed by atoms with E-state index in [0.717, 1.165) is 0 Å². The lowest BCUT2D eigenvalue weighted by atomic mass is 10.2. The zero-order valence-electron chi connectivity index (χ0n) is 10.6. The van der Waals surface area contributed by atoms with Gasteiger partial charge in [0.2, 0.25) is 10.0 Å². The van der Waals surface area contributed by atoms with Crippen LogP contribution in [0.4, 0.5) is 11.4 Å². The Morgan fingerprint density at radius 3 is 2.72 bits per heavy atom. The van der Waals surface area contributed by atoms with E-state index in [0.29, 0.717) is 23.7 Å². The van der Waals surface area contributed by atoms with E-state index in [2.05, 4.69) is 10.0 Å². The van der Waals surface area contributed by atoms with E-state index in [9.17, 15) is 8.42 Å². The first-order chi connectivity index (χ1) is 8.50. The summed E-state index contributed by atoms with van der Waals surface area (Å²) in [5, 5.41) is 2.98. The summed E-state index contributed by atoms with van der Waals surface area (Å²) >= 11 is 0. The van der Waals surface area contributed by atoms with E-state index >= 15 is 0 Å². The number of sulfonamides is 1. The van der Waals surface area contributed by atoms with Gasteiger partial charge in [-0.25, -0.2) is 13.1 Å². The van der Waals surface area contributed by atoms with E-state index in [4.69, 9.17) is 10.5 Å². The van der Waals surface area contributed by atoms with Crippen molar-refractivity contribution in [1.82, 2.24) is 4.72 Å². The maximum Gasteiger partial charge on any atom is 0.213 e. The Hall–Kier alpha value is -1.47. The van der Waals surface area contributed by atoms with Gasteiger partial charge in [0.1, 0.15) is 5.75 Å². The SMILES string of the molecule is CCOc1cccc(NCCS(=O)(=O)NC)c1N. The van der Waals surface area contributed by atoms with Gasteiger partial charge < -0.3 is 15.8 Å². The summed E-state index contributed by atoms with van der Waals surface area (Å²) in [6.45, 7) is 2.68. The molecule has 0 bridgehead atoms. The van der Waals surface area contributed by atoms with Crippen molar-refractivity contribution in [3.8, 4) is 5.75 Å². The van der Waals surface area contributed by atoms with Crippen LogP contribution in [-0.2, 0) is 10.0 Å². The number of nitrogens with one attached hydrogen (secondary N) is 2. The summed E-state index contributed by atoms with van der Waals surface area (Å²) in [6.07, 6.45) is 0. The fourth-order valence-electron chi connectivity index (χ4n) is 1.40. The second kappa shape index (κ2) is 6.46. The fraction of sp³-hybridized carbons (Fsp3) is 0.455. The van der Waals surface area contributed by atoms with Gasteiger partial charge in [-0.2, -0.15) is 0 Å². The molecule has 0 radical (unpaired) electrons. The Morgan fingerprint density at radius 2 is 2.11 bits per heavy atom. The van der Waals surface area contributed by atoms with E-state index in [-0.39, 0.29) is 12.3 Å². The molecule has 18 heavy (non-hydrogen) atoms. The van der Waals surface area contributed by atoms with Crippen molar-refractivity contribution in [3.63, 3.8) is 0 Å². The molecule has 0 heterocycles. The van der Waals surface area contributed by atoms with Crippen LogP contribution in [0.3, 0.4) is 0 Å². The number of hydrogen-bond acceptors (Lipinski definition) is 5. The Kier molecular flexibility index (Phi) is 5.24. The third-order valence-corrected chi connectivity index (χ3v) is 3.73. The van der Waals surface area contributed by atoms with E-state index in [1.54, 1.807) is 18.2 Å². The number of anilines is 2. The van der Waals surface area contributed by atoms with Crippen molar-refractivity contribution in [3.05, 3.63) is 18.2 Å². The van der Waals surface area contributed by atoms with Crippen LogP contribution in [0.2, 0.25) is 0 Å². The lowest BCUT2D eigenvalue weighted by Crippen LogP contribution is -2.26. The third kappa shape index (κ3) is 4.08. The number of nitrogen functional groups attached to an aromatic ring is 1. The molecule has 1 aromatic carbocycles. The van der Waals surface area contributed by atoms with Gasteiger partial charge >= 0.3 is 0 Å². The number of ether oxygens (including phenoxy) is 1. The first-order valence-corrected chi connectivity index (χ1v) is 7.31. The average molecular weight is 273 g/mol. The number of hydrogen-bond donors (Lipinski definition) is 3. The van der Waals surface area contributed by atoms with Crippen molar-refractivity contribution >= 4 is 21.4 Å². The van der Waals surface area contributed by atoms with Gasteiger partial charge in [-0.3, -0.25) is 0 Å². The number of rotatable bonds is 7. The second-order valence-corrected chi connectivity index (χ2v) is 5.65. The molecule has 0 amide bonds. The van der Waals surface area contributed by atoms with Gasteiger partial charge in [-0.15, -0.1) is 0 Å². The molecule has 0 spiro atoms. The molecule has 0 unspecified atom stereocenters. The fourth-order valence-corrected chi connectivity index (χ4v) is 1.98. The van der Waals surface area contributed by atoms with Crippen molar-refractivity contribution in [2.45, 2.75) is 6.92 Å². The summed E-state index contributed by atoms with van der Waals surface area (Å²) in [5.41, 5.74) is 7.06. The molecule has 0 aliphatic carbocycles. The van der Waals surface area contributed by atoms with Gasteiger partial charge in [-0.1, -0.05) is 6.07 Å². The average Bonchev–Trinajstić information content (AvgIpc) is 2.34. The van der Waals surface area contributed by atoms with Gasteiger partial charge in [-0.05, 0) is 26.1 Å². The molecular formula is C11H19N3O3S. The number of benzene rings is 1. The van der Waals surface area contributed by atoms with E-state index in [1.165, 1.54) is 7.05 Å². The summed E-state index contributed by atoms with van der Waals surface area (Å²) in [4.78, 5) is 0. The minimum Gasteiger partial charge on any atom is -0.492 e. The van der Waals surface area contributed by atoms with Crippen LogP contribution in [0.25, 0.3) is 0 Å². The van der Waals surface area contributed by atoms with E-state index < -0.39 is 10.0 Å². The van der Waals surface area contributed by atoms with Gasteiger partial charge in [0.15, 0.2) is 0 Å². The maximum absolute atomic E-state index is 11.2. The molecule has 0 aromatic heterocycles. The van der Waals surface area contributed by atoms with Gasteiger partial charge in [0.25, 0.3) is 0 Å². The first kappa shape index (κ1) is 14.6. The van der Waals surface area contributed by atoms with Crippen LogP contribution < -0.4 is 20.5 Å². The molecule has 6 nitrogen and oxygen atoms in total. The Balaban J connectivity index is 2.65. The summed E-state index contributed by atoms with van der Waals surface area (Å²) in [7, 11) is -1.82. The molecule has 0 aliphatic rings. The number of para-hydroxylation sites is 1. The first-order valence-electron chi connectivity index (χ1n) is 5.66. The smallest absolute Gasteiger partial charge is 0.213 e. The quantitative estimate of drug-likeness (QED) is 0.634. The highest BCUT2D eigenvalue weighted by Gasteiger charge is 2.08. The van der Waals surface area contributed by atoms with Crippen molar-refractivity contribution in [1.29, 1.82) is 0 Å². The van der Waals surface area contributed by atoms with Gasteiger partial charge in [0.05, 0.1) is 23.7 Å². The van der Waals surface area contributed by atoms with Crippen LogP contribution in [0.1, 0.15) is 6.92 Å². The van der Waals surface area contributed by atoms with Crippen LogP contribution in [0.15, 0.2) is 18.2 Å². The highest BCUT2D eigenvalue weighted by molar-refractivity contribution is 7.89. The minimum absolute atomic E-state index is 0.0121. The monoisotopic (exact) mass is 273 g/mol. The highest BCUT2D eigenvalue weighted by Crippen LogP contribution is 2.29. The normalized spacial score (nSPS) is 11.2. The largest absolute Gasteiger partial charge is 0.492 e. The molecule has 1 rings (SSSR count). The Morgan fingerprint density at radius 1 is 1.39 bits per heavy atom. The topological polar surface area (TPSA) is 93.4 Å². The van der Waals surface area contributed by atoms with Crippen LogP contribution >= 0.6 is 0 Å². The molecule has 102 valence electrons. The predicted molar refractivity (Wildman–Crippen MR) is 73.4 cm³/mol. The van der Waals surface area contributed by atoms with Crippen LogP contribution in [-0.4, -0.2) is 34.4 Å². The molecular weight excluding hydrogens is 254 g/mol. The Labute approximate surface area is 108 Å². The third-order valence-electron chi connectivity index (χ3n) is 2.36. The maximum atomic E-state index is 11.2. The molecule has 0 aliphatic heterocycles. The second-order valence-electron chi connectivity index (χ2n) is 3.60. The standard InChI is InChI=1S/C11H19N3O3S/c1-3-17-10-6-4-5-9(11(10)12)14-7-8-18(15,16)13-2/h4-6,13-14H,3,7-8,12H2,1-2H3. The Bertz CT molecular complexity index is 488. The lowest BCUT2D eigenvalue weighted by Gasteiger charge is -2.13. The van der Waals surface area contributed by atoms with E-state index in [1.807, 2.05) is 6.92 Å². The van der Waals surface area contributed by atoms with Gasteiger partial charge in [0, 0.05) is 6.54 Å². The lowest BCUT2D eigenvalue weighted by molar-refractivity contribution is 0.342. The molecule has 4 N–H and O–H groups in total. The highest BCUT2D eigenvalue weighted by atomic mass is 32.2. The van der Waals surface area contributed by atoms with Crippen molar-refractivity contribution in [2.24, 2.45) is 0 Å². The molecule has 0 atom stereocenters. The summed E-state index contributed by atoms with van der Waals surface area (Å²) < 4.78 is 30.1. The van der Waals surface area contributed by atoms with Crippen LogP contribution in [0.5, 0.6) is 5.75 Å². The molecule has 0 saturated heterocycles. The summed E-state index contributed by atoms with van der Waals surface area (Å²) in [5.74, 6) is 0.584. The molecule has 7 heteroatoms. The molecule has 1 aromatic rings. The number of nitrogens with two attached hydrogens (primary N) is 1. The zero-order valence-corrected chi connectivity index (χ0v) is 11.4.